The van der Waals surface area contributed by atoms with Crippen molar-refractivity contribution < 1.29 is 9.72 Å². The molecule has 1 aromatic heterocycles. The highest BCUT2D eigenvalue weighted by molar-refractivity contribution is 7.99. The van der Waals surface area contributed by atoms with Crippen LogP contribution in [-0.2, 0) is 4.79 Å². The first kappa shape index (κ1) is 24.4. The molecule has 0 fully saturated rings. The highest BCUT2D eigenvalue weighted by Crippen LogP contribution is 2.29. The number of amides is 1. The standard InChI is InChI=1S/C23H16Cl2N6O3S/c24-17-6-4-16(5-7-17)22-28-29-23(30(22)19-10-8-18(25)9-11-19)35-14-21(32)27-26-13-15-2-1-3-20(12-15)31(33)34/h1-13H,14H2,(H,27,32)/b26-13+. The molecule has 176 valence electrons. The minimum absolute atomic E-state index is 0.0125. The molecule has 3 aromatic carbocycles. The number of benzene rings is 3. The van der Waals surface area contributed by atoms with E-state index in [4.69, 9.17) is 23.2 Å². The van der Waals surface area contributed by atoms with Gasteiger partial charge in [-0.15, -0.1) is 10.2 Å². The molecule has 0 aliphatic heterocycles. The molecule has 9 nitrogen and oxygen atoms in total. The van der Waals surface area contributed by atoms with Crippen molar-refractivity contribution in [2.24, 2.45) is 5.10 Å². The first-order chi connectivity index (χ1) is 16.9. The van der Waals surface area contributed by atoms with Crippen molar-refractivity contribution in [1.29, 1.82) is 0 Å². The monoisotopic (exact) mass is 526 g/mol. The van der Waals surface area contributed by atoms with E-state index in [0.717, 1.165) is 11.3 Å². The van der Waals surface area contributed by atoms with Crippen LogP contribution in [0.15, 0.2) is 83.1 Å². The third kappa shape index (κ3) is 6.24. The maximum atomic E-state index is 12.3. The number of rotatable bonds is 8. The lowest BCUT2D eigenvalue weighted by Crippen LogP contribution is -2.20. The van der Waals surface area contributed by atoms with E-state index in [-0.39, 0.29) is 17.3 Å². The molecule has 1 amide bonds. The van der Waals surface area contributed by atoms with E-state index in [1.807, 2.05) is 28.8 Å². The molecule has 0 spiro atoms. The second-order valence-electron chi connectivity index (χ2n) is 7.06. The van der Waals surface area contributed by atoms with Crippen LogP contribution in [0.4, 0.5) is 5.69 Å². The predicted molar refractivity (Wildman–Crippen MR) is 136 cm³/mol. The summed E-state index contributed by atoms with van der Waals surface area (Å²) in [7, 11) is 0. The van der Waals surface area contributed by atoms with Crippen LogP contribution < -0.4 is 5.43 Å². The quantitative estimate of drug-likeness (QED) is 0.142. The molecule has 4 rings (SSSR count). The average molecular weight is 527 g/mol. The number of carbonyl (C=O) groups excluding carboxylic acids is 1. The van der Waals surface area contributed by atoms with Crippen LogP contribution in [0.3, 0.4) is 0 Å². The Morgan fingerprint density at radius 1 is 1.06 bits per heavy atom. The normalized spacial score (nSPS) is 11.0. The van der Waals surface area contributed by atoms with Crippen molar-refractivity contribution in [3.63, 3.8) is 0 Å². The Hall–Kier alpha value is -3.73. The number of hydrogen-bond donors (Lipinski definition) is 1. The highest BCUT2D eigenvalue weighted by atomic mass is 35.5. The number of hydrogen-bond acceptors (Lipinski definition) is 7. The van der Waals surface area contributed by atoms with Gasteiger partial charge in [-0.25, -0.2) is 5.43 Å². The van der Waals surface area contributed by atoms with Gasteiger partial charge in [0, 0.05) is 39.0 Å². The number of nitro groups is 1. The van der Waals surface area contributed by atoms with E-state index < -0.39 is 4.92 Å². The molecule has 0 atom stereocenters. The molecule has 0 unspecified atom stereocenters. The molecule has 0 radical (unpaired) electrons. The summed E-state index contributed by atoms with van der Waals surface area (Å²) in [4.78, 5) is 22.7. The molecule has 4 aromatic rings. The van der Waals surface area contributed by atoms with Crippen LogP contribution in [0.25, 0.3) is 17.1 Å². The molecule has 35 heavy (non-hydrogen) atoms. The molecule has 1 heterocycles. The van der Waals surface area contributed by atoms with E-state index >= 15 is 0 Å². The first-order valence-corrected chi connectivity index (χ1v) is 11.8. The number of non-ortho nitro benzene ring substituents is 1. The number of nitrogens with one attached hydrogen (secondary N) is 1. The van der Waals surface area contributed by atoms with Gasteiger partial charge in [-0.3, -0.25) is 19.5 Å². The maximum Gasteiger partial charge on any atom is 0.270 e. The van der Waals surface area contributed by atoms with Crippen molar-refractivity contribution in [3.8, 4) is 17.1 Å². The Bertz CT molecular complexity index is 1390. The van der Waals surface area contributed by atoms with Gasteiger partial charge in [0.1, 0.15) is 0 Å². The fourth-order valence-electron chi connectivity index (χ4n) is 3.03. The summed E-state index contributed by atoms with van der Waals surface area (Å²) in [6.07, 6.45) is 1.34. The van der Waals surface area contributed by atoms with Gasteiger partial charge < -0.3 is 0 Å². The van der Waals surface area contributed by atoms with Gasteiger partial charge in [0.25, 0.3) is 11.6 Å². The van der Waals surface area contributed by atoms with Gasteiger partial charge in [-0.2, -0.15) is 5.10 Å². The second kappa shape index (κ2) is 11.1. The minimum atomic E-state index is -0.498. The maximum absolute atomic E-state index is 12.3. The molecule has 12 heteroatoms. The summed E-state index contributed by atoms with van der Waals surface area (Å²) in [5.74, 6) is 0.212. The Kier molecular flexibility index (Phi) is 7.76. The number of hydrazone groups is 1. The van der Waals surface area contributed by atoms with Gasteiger partial charge in [0.15, 0.2) is 11.0 Å². The highest BCUT2D eigenvalue weighted by Gasteiger charge is 2.17. The second-order valence-corrected chi connectivity index (χ2v) is 8.87. The van der Waals surface area contributed by atoms with Crippen molar-refractivity contribution in [3.05, 3.63) is 98.5 Å². The molecule has 1 N–H and O–H groups in total. The fraction of sp³-hybridized carbons (Fsp3) is 0.0435. The largest absolute Gasteiger partial charge is 0.272 e. The van der Waals surface area contributed by atoms with E-state index in [9.17, 15) is 14.9 Å². The number of nitro benzene ring substituents is 1. The van der Waals surface area contributed by atoms with Gasteiger partial charge in [0.2, 0.25) is 0 Å². The third-order valence-corrected chi connectivity index (χ3v) is 6.07. The van der Waals surface area contributed by atoms with Crippen LogP contribution in [0.1, 0.15) is 5.56 Å². The van der Waals surface area contributed by atoms with Crippen molar-refractivity contribution in [2.45, 2.75) is 5.16 Å². The van der Waals surface area contributed by atoms with E-state index in [1.54, 1.807) is 36.4 Å². The zero-order chi connectivity index (χ0) is 24.8. The average Bonchev–Trinajstić information content (AvgIpc) is 3.28. The van der Waals surface area contributed by atoms with Crippen LogP contribution in [0.5, 0.6) is 0 Å². The lowest BCUT2D eigenvalue weighted by atomic mass is 10.2. The van der Waals surface area contributed by atoms with Crippen LogP contribution in [-0.4, -0.2) is 37.6 Å². The Morgan fingerprint density at radius 3 is 2.43 bits per heavy atom. The van der Waals surface area contributed by atoms with Crippen molar-refractivity contribution in [1.82, 2.24) is 20.2 Å². The zero-order valence-corrected chi connectivity index (χ0v) is 20.2. The number of carbonyl (C=O) groups is 1. The zero-order valence-electron chi connectivity index (χ0n) is 17.8. The van der Waals surface area contributed by atoms with Crippen LogP contribution in [0, 0.1) is 10.1 Å². The van der Waals surface area contributed by atoms with E-state index in [0.29, 0.717) is 26.6 Å². The van der Waals surface area contributed by atoms with E-state index in [1.165, 1.54) is 30.1 Å². The number of aromatic nitrogens is 3. The van der Waals surface area contributed by atoms with Crippen LogP contribution >= 0.6 is 35.0 Å². The van der Waals surface area contributed by atoms with Gasteiger partial charge >= 0.3 is 0 Å². The predicted octanol–water partition coefficient (Wildman–Crippen LogP) is 5.39. The lowest BCUT2D eigenvalue weighted by Gasteiger charge is -2.10. The summed E-state index contributed by atoms with van der Waals surface area (Å²) < 4.78 is 1.82. The number of thioether (sulfide) groups is 1. The Morgan fingerprint density at radius 2 is 1.74 bits per heavy atom. The minimum Gasteiger partial charge on any atom is -0.272 e. The van der Waals surface area contributed by atoms with Gasteiger partial charge in [-0.1, -0.05) is 47.1 Å². The molecule has 0 saturated heterocycles. The number of halogens is 2. The van der Waals surface area contributed by atoms with Crippen LogP contribution in [0.2, 0.25) is 10.0 Å². The van der Waals surface area contributed by atoms with Crippen molar-refractivity contribution in [2.75, 3.05) is 5.75 Å². The summed E-state index contributed by atoms with van der Waals surface area (Å²) in [6, 6.07) is 20.3. The molecule has 0 bridgehead atoms. The summed E-state index contributed by atoms with van der Waals surface area (Å²) >= 11 is 13.2. The fourth-order valence-corrected chi connectivity index (χ4v) is 4.03. The smallest absolute Gasteiger partial charge is 0.270 e. The molecular formula is C23H16Cl2N6O3S. The van der Waals surface area contributed by atoms with Gasteiger partial charge in [0.05, 0.1) is 16.9 Å². The van der Waals surface area contributed by atoms with Gasteiger partial charge in [-0.05, 0) is 48.5 Å². The van der Waals surface area contributed by atoms with Crippen molar-refractivity contribution >= 4 is 52.8 Å². The van der Waals surface area contributed by atoms with E-state index in [2.05, 4.69) is 20.7 Å². The lowest BCUT2D eigenvalue weighted by molar-refractivity contribution is -0.384. The first-order valence-electron chi connectivity index (χ1n) is 10.1. The number of nitrogens with zero attached hydrogens (tertiary/aromatic N) is 5. The summed E-state index contributed by atoms with van der Waals surface area (Å²) in [6.45, 7) is 0. The topological polar surface area (TPSA) is 115 Å². The SMILES string of the molecule is O=C(CSc1nnc(-c2ccc(Cl)cc2)n1-c1ccc(Cl)cc1)N/N=C/c1cccc([N+](=O)[O-])c1. The molecular weight excluding hydrogens is 511 g/mol. The molecule has 0 aliphatic carbocycles. The summed E-state index contributed by atoms with van der Waals surface area (Å²) in [5.41, 5.74) is 4.41. The Balaban J connectivity index is 1.49. The molecule has 0 aliphatic rings. The summed E-state index contributed by atoms with van der Waals surface area (Å²) in [5, 5.41) is 25.0. The molecule has 0 saturated carbocycles. The Labute approximate surface area is 213 Å². The third-order valence-electron chi connectivity index (χ3n) is 4.64.